The number of nitrogen functional groups attached to an aromatic ring is 1. The van der Waals surface area contributed by atoms with Gasteiger partial charge < -0.3 is 20.1 Å². The lowest BCUT2D eigenvalue weighted by Crippen LogP contribution is -2.37. The van der Waals surface area contributed by atoms with Gasteiger partial charge in [-0.15, -0.1) is 0 Å². The number of hydrogen-bond acceptors (Lipinski definition) is 6. The average Bonchev–Trinajstić information content (AvgIpc) is 2.30. The van der Waals surface area contributed by atoms with Crippen molar-refractivity contribution in [1.29, 1.82) is 0 Å². The number of nitrogens with two attached hydrogens (primary N) is 1. The first-order valence-corrected chi connectivity index (χ1v) is 5.24. The van der Waals surface area contributed by atoms with Crippen LogP contribution in [0.1, 0.15) is 5.82 Å². The van der Waals surface area contributed by atoms with E-state index in [1.807, 2.05) is 0 Å². The first kappa shape index (κ1) is 11.1. The van der Waals surface area contributed by atoms with Crippen LogP contribution in [0.5, 0.6) is 0 Å². The van der Waals surface area contributed by atoms with Gasteiger partial charge in [0, 0.05) is 26.3 Å². The molecule has 16 heavy (non-hydrogen) atoms. The number of rotatable bonds is 3. The summed E-state index contributed by atoms with van der Waals surface area (Å²) in [7, 11) is 1.61. The zero-order valence-electron chi connectivity index (χ0n) is 9.35. The van der Waals surface area contributed by atoms with Crippen molar-refractivity contribution in [2.75, 3.05) is 44.0 Å². The highest BCUT2D eigenvalue weighted by atomic mass is 16.5. The van der Waals surface area contributed by atoms with Gasteiger partial charge >= 0.3 is 0 Å². The summed E-state index contributed by atoms with van der Waals surface area (Å²) in [5.41, 5.74) is 5.73. The van der Waals surface area contributed by atoms with Crippen molar-refractivity contribution in [2.24, 2.45) is 0 Å². The molecule has 6 heteroatoms. The Bertz CT molecular complexity index is 353. The van der Waals surface area contributed by atoms with E-state index in [1.54, 1.807) is 13.2 Å². The number of aromatic nitrogens is 2. The summed E-state index contributed by atoms with van der Waals surface area (Å²) >= 11 is 0. The van der Waals surface area contributed by atoms with Crippen LogP contribution < -0.4 is 10.6 Å². The maximum absolute atomic E-state index is 5.73. The van der Waals surface area contributed by atoms with Crippen LogP contribution >= 0.6 is 0 Å². The molecule has 2 heterocycles. The summed E-state index contributed by atoms with van der Waals surface area (Å²) in [5.74, 6) is 1.94. The maximum atomic E-state index is 5.73. The summed E-state index contributed by atoms with van der Waals surface area (Å²) in [4.78, 5) is 10.6. The van der Waals surface area contributed by atoms with Crippen LogP contribution in [0.15, 0.2) is 6.07 Å². The lowest BCUT2D eigenvalue weighted by molar-refractivity contribution is 0.122. The molecule has 0 amide bonds. The normalized spacial score (nSPS) is 16.4. The van der Waals surface area contributed by atoms with Crippen molar-refractivity contribution in [2.45, 2.75) is 6.61 Å². The van der Waals surface area contributed by atoms with Crippen molar-refractivity contribution < 1.29 is 9.47 Å². The minimum absolute atomic E-state index is 0.377. The van der Waals surface area contributed by atoms with Gasteiger partial charge in [-0.2, -0.15) is 0 Å². The second-order valence-corrected chi connectivity index (χ2v) is 3.60. The lowest BCUT2D eigenvalue weighted by atomic mass is 10.4. The van der Waals surface area contributed by atoms with Gasteiger partial charge in [0.05, 0.1) is 13.2 Å². The maximum Gasteiger partial charge on any atom is 0.158 e. The van der Waals surface area contributed by atoms with Crippen LogP contribution in [-0.4, -0.2) is 43.4 Å². The second kappa shape index (κ2) is 5.09. The van der Waals surface area contributed by atoms with Crippen molar-refractivity contribution in [3.05, 3.63) is 11.9 Å². The highest BCUT2D eigenvalue weighted by Gasteiger charge is 2.14. The third-order valence-electron chi connectivity index (χ3n) is 2.39. The largest absolute Gasteiger partial charge is 0.384 e. The van der Waals surface area contributed by atoms with E-state index in [2.05, 4.69) is 14.9 Å². The van der Waals surface area contributed by atoms with Crippen LogP contribution in [0.3, 0.4) is 0 Å². The fourth-order valence-corrected chi connectivity index (χ4v) is 1.65. The Morgan fingerprint density at radius 2 is 2.19 bits per heavy atom. The van der Waals surface area contributed by atoms with E-state index in [0.717, 1.165) is 32.1 Å². The Balaban J connectivity index is 2.18. The molecular weight excluding hydrogens is 208 g/mol. The van der Waals surface area contributed by atoms with Gasteiger partial charge in [0.25, 0.3) is 0 Å². The van der Waals surface area contributed by atoms with Crippen molar-refractivity contribution >= 4 is 11.6 Å². The summed E-state index contributed by atoms with van der Waals surface area (Å²) in [5, 5.41) is 0. The summed E-state index contributed by atoms with van der Waals surface area (Å²) in [6, 6.07) is 1.78. The zero-order chi connectivity index (χ0) is 11.4. The van der Waals surface area contributed by atoms with Gasteiger partial charge in [-0.25, -0.2) is 9.97 Å². The number of hydrogen-bond donors (Lipinski definition) is 1. The highest BCUT2D eigenvalue weighted by molar-refractivity contribution is 5.47. The van der Waals surface area contributed by atoms with Gasteiger partial charge in [0.2, 0.25) is 0 Å². The topological polar surface area (TPSA) is 73.5 Å². The first-order valence-electron chi connectivity index (χ1n) is 5.24. The third-order valence-corrected chi connectivity index (χ3v) is 2.39. The Morgan fingerprint density at radius 1 is 1.44 bits per heavy atom. The van der Waals surface area contributed by atoms with Crippen molar-refractivity contribution in [1.82, 2.24) is 9.97 Å². The quantitative estimate of drug-likeness (QED) is 0.781. The number of ether oxygens (including phenoxy) is 2. The van der Waals surface area contributed by atoms with E-state index in [1.165, 1.54) is 0 Å². The predicted octanol–water partition coefficient (Wildman–Crippen LogP) is 0.0418. The number of morpholine rings is 1. The van der Waals surface area contributed by atoms with Gasteiger partial charge in [-0.05, 0) is 0 Å². The highest BCUT2D eigenvalue weighted by Crippen LogP contribution is 2.15. The molecule has 6 nitrogen and oxygen atoms in total. The third kappa shape index (κ3) is 2.59. The van der Waals surface area contributed by atoms with Gasteiger partial charge in [-0.1, -0.05) is 0 Å². The van der Waals surface area contributed by atoms with Crippen LogP contribution in [0, 0.1) is 0 Å². The number of anilines is 2. The summed E-state index contributed by atoms with van der Waals surface area (Å²) in [6.45, 7) is 3.50. The molecule has 0 bridgehead atoms. The van der Waals surface area contributed by atoms with Crippen LogP contribution in [0.4, 0.5) is 11.6 Å². The van der Waals surface area contributed by atoms with E-state index in [4.69, 9.17) is 15.2 Å². The van der Waals surface area contributed by atoms with Crippen LogP contribution in [0.2, 0.25) is 0 Å². The van der Waals surface area contributed by atoms with Gasteiger partial charge in [0.15, 0.2) is 5.82 Å². The molecule has 0 radical (unpaired) electrons. The smallest absolute Gasteiger partial charge is 0.158 e. The van der Waals surface area contributed by atoms with E-state index >= 15 is 0 Å². The molecule has 1 aliphatic rings. The van der Waals surface area contributed by atoms with E-state index in [9.17, 15) is 0 Å². The first-order chi connectivity index (χ1) is 7.79. The molecule has 2 rings (SSSR count). The predicted molar refractivity (Wildman–Crippen MR) is 60.2 cm³/mol. The Morgan fingerprint density at radius 3 is 2.88 bits per heavy atom. The molecule has 1 aliphatic heterocycles. The van der Waals surface area contributed by atoms with Gasteiger partial charge in [0.1, 0.15) is 18.2 Å². The Labute approximate surface area is 94.4 Å². The summed E-state index contributed by atoms with van der Waals surface area (Å²) in [6.07, 6.45) is 0. The van der Waals surface area contributed by atoms with Crippen molar-refractivity contribution in [3.63, 3.8) is 0 Å². The number of nitrogens with zero attached hydrogens (tertiary/aromatic N) is 3. The molecule has 0 saturated carbocycles. The van der Waals surface area contributed by atoms with Crippen LogP contribution in [0.25, 0.3) is 0 Å². The molecule has 2 N–H and O–H groups in total. The lowest BCUT2D eigenvalue weighted by Gasteiger charge is -2.28. The average molecular weight is 224 g/mol. The van der Waals surface area contributed by atoms with Gasteiger partial charge in [-0.3, -0.25) is 0 Å². The fourth-order valence-electron chi connectivity index (χ4n) is 1.65. The molecule has 0 aliphatic carbocycles. The SMILES string of the molecule is COCc1nc(N)cc(N2CCOCC2)n1. The van der Waals surface area contributed by atoms with E-state index < -0.39 is 0 Å². The minimum atomic E-state index is 0.377. The molecule has 0 atom stereocenters. The van der Waals surface area contributed by atoms with Crippen LogP contribution in [-0.2, 0) is 16.1 Å². The Kier molecular flexibility index (Phi) is 3.53. The molecule has 0 unspecified atom stereocenters. The zero-order valence-corrected chi connectivity index (χ0v) is 9.35. The molecule has 1 fully saturated rings. The second-order valence-electron chi connectivity index (χ2n) is 3.60. The van der Waals surface area contributed by atoms with Crippen molar-refractivity contribution in [3.8, 4) is 0 Å². The molecule has 0 aromatic carbocycles. The summed E-state index contributed by atoms with van der Waals surface area (Å²) < 4.78 is 10.3. The van der Waals surface area contributed by atoms with E-state index in [-0.39, 0.29) is 0 Å². The fraction of sp³-hybridized carbons (Fsp3) is 0.600. The molecular formula is C10H16N4O2. The monoisotopic (exact) mass is 224 g/mol. The Hall–Kier alpha value is -1.40. The molecule has 1 aromatic heterocycles. The van der Waals surface area contributed by atoms with E-state index in [0.29, 0.717) is 18.2 Å². The molecule has 0 spiro atoms. The minimum Gasteiger partial charge on any atom is -0.384 e. The standard InChI is InChI=1S/C10H16N4O2/c1-15-7-9-12-8(11)6-10(13-9)14-2-4-16-5-3-14/h6H,2-5,7H2,1H3,(H2,11,12,13). The molecule has 88 valence electrons. The number of methoxy groups -OCH3 is 1. The molecule has 1 aromatic rings. The molecule has 1 saturated heterocycles.